The highest BCUT2D eigenvalue weighted by Gasteiger charge is 2.24. The zero-order chi connectivity index (χ0) is 14.1. The Morgan fingerprint density at radius 3 is 2.28 bits per heavy atom. The Labute approximate surface area is 106 Å². The lowest BCUT2D eigenvalue weighted by Crippen LogP contribution is -2.45. The van der Waals surface area contributed by atoms with Crippen molar-refractivity contribution in [3.8, 4) is 0 Å². The van der Waals surface area contributed by atoms with Gasteiger partial charge in [-0.25, -0.2) is 4.79 Å². The number of carbonyl (C=O) groups excluding carboxylic acids is 2. The van der Waals surface area contributed by atoms with Gasteiger partial charge in [0.1, 0.15) is 6.04 Å². The van der Waals surface area contributed by atoms with Gasteiger partial charge in [-0.05, 0) is 12.8 Å². The minimum absolute atomic E-state index is 0.0141. The van der Waals surface area contributed by atoms with Crippen LogP contribution in [0.25, 0.3) is 0 Å². The maximum absolute atomic E-state index is 11.8. The molecule has 0 aromatic heterocycles. The van der Waals surface area contributed by atoms with Gasteiger partial charge in [0.05, 0.1) is 5.92 Å². The zero-order valence-corrected chi connectivity index (χ0v) is 10.5. The van der Waals surface area contributed by atoms with Crippen LogP contribution in [0.3, 0.4) is 0 Å². The molecule has 0 aliphatic rings. The van der Waals surface area contributed by atoms with Gasteiger partial charge >= 0.3 is 5.97 Å². The van der Waals surface area contributed by atoms with Gasteiger partial charge in [0, 0.05) is 13.0 Å². The average molecular weight is 259 g/mol. The predicted molar refractivity (Wildman–Crippen MR) is 65.4 cm³/mol. The van der Waals surface area contributed by atoms with Crippen LogP contribution in [-0.2, 0) is 14.4 Å². The van der Waals surface area contributed by atoms with Gasteiger partial charge < -0.3 is 21.9 Å². The Morgan fingerprint density at radius 1 is 1.28 bits per heavy atom. The summed E-state index contributed by atoms with van der Waals surface area (Å²) in [5.41, 5.74) is 10.4. The molecule has 0 fully saturated rings. The summed E-state index contributed by atoms with van der Waals surface area (Å²) in [4.78, 5) is 33.3. The molecule has 0 rings (SSSR count). The molecule has 18 heavy (non-hydrogen) atoms. The fourth-order valence-corrected chi connectivity index (χ4v) is 1.54. The molecule has 0 bridgehead atoms. The third-order valence-electron chi connectivity index (χ3n) is 2.59. The maximum Gasteiger partial charge on any atom is 0.326 e. The van der Waals surface area contributed by atoms with Crippen molar-refractivity contribution in [1.82, 2.24) is 5.32 Å². The number of rotatable bonds is 9. The Hall–Kier alpha value is -1.63. The lowest BCUT2D eigenvalue weighted by atomic mass is 10.0. The minimum Gasteiger partial charge on any atom is -0.480 e. The van der Waals surface area contributed by atoms with Crippen molar-refractivity contribution in [2.45, 2.75) is 38.6 Å². The van der Waals surface area contributed by atoms with Crippen LogP contribution in [0.4, 0.5) is 0 Å². The minimum atomic E-state index is -1.18. The summed E-state index contributed by atoms with van der Waals surface area (Å²) in [7, 11) is 0. The number of nitrogens with two attached hydrogens (primary N) is 2. The Balaban J connectivity index is 4.42. The fourth-order valence-electron chi connectivity index (χ4n) is 1.54. The van der Waals surface area contributed by atoms with Crippen LogP contribution in [0, 0.1) is 5.92 Å². The fraction of sp³-hybridized carbons (Fsp3) is 0.727. The van der Waals surface area contributed by atoms with E-state index in [2.05, 4.69) is 5.32 Å². The molecule has 7 nitrogen and oxygen atoms in total. The first-order valence-corrected chi connectivity index (χ1v) is 5.93. The van der Waals surface area contributed by atoms with E-state index < -0.39 is 29.7 Å². The van der Waals surface area contributed by atoms with Crippen molar-refractivity contribution in [3.63, 3.8) is 0 Å². The first-order chi connectivity index (χ1) is 8.42. The van der Waals surface area contributed by atoms with Crippen LogP contribution in [-0.4, -0.2) is 35.5 Å². The van der Waals surface area contributed by atoms with Crippen LogP contribution in [0.2, 0.25) is 0 Å². The molecule has 0 aromatic rings. The summed E-state index contributed by atoms with van der Waals surface area (Å²) in [6, 6.07) is -1.10. The Bertz CT molecular complexity index is 307. The van der Waals surface area contributed by atoms with Crippen LogP contribution in [0.5, 0.6) is 0 Å². The standard InChI is InChI=1S/C11H21N3O4/c1-2-3-7(6-12)10(16)14-8(11(17)18)4-5-9(13)15/h7-8H,2-6,12H2,1H3,(H2,13,15)(H,14,16)(H,17,18). The molecule has 104 valence electrons. The van der Waals surface area contributed by atoms with Crippen molar-refractivity contribution >= 4 is 17.8 Å². The van der Waals surface area contributed by atoms with E-state index >= 15 is 0 Å². The summed E-state index contributed by atoms with van der Waals surface area (Å²) in [5, 5.41) is 11.3. The third-order valence-corrected chi connectivity index (χ3v) is 2.59. The van der Waals surface area contributed by atoms with Gasteiger partial charge in [-0.3, -0.25) is 9.59 Å². The van der Waals surface area contributed by atoms with Gasteiger partial charge in [-0.15, -0.1) is 0 Å². The highest BCUT2D eigenvalue weighted by atomic mass is 16.4. The maximum atomic E-state index is 11.8. The van der Waals surface area contributed by atoms with Crippen LogP contribution in [0.15, 0.2) is 0 Å². The highest BCUT2D eigenvalue weighted by molar-refractivity contribution is 5.85. The molecular weight excluding hydrogens is 238 g/mol. The van der Waals surface area contributed by atoms with E-state index in [1.165, 1.54) is 0 Å². The molecule has 0 heterocycles. The van der Waals surface area contributed by atoms with E-state index in [-0.39, 0.29) is 19.4 Å². The predicted octanol–water partition coefficient (Wildman–Crippen LogP) is -0.804. The molecule has 0 spiro atoms. The van der Waals surface area contributed by atoms with Crippen molar-refractivity contribution < 1.29 is 19.5 Å². The summed E-state index contributed by atoms with van der Waals surface area (Å²) in [6.07, 6.45) is 1.29. The Morgan fingerprint density at radius 2 is 1.89 bits per heavy atom. The monoisotopic (exact) mass is 259 g/mol. The number of aliphatic carboxylic acids is 1. The average Bonchev–Trinajstić information content (AvgIpc) is 2.30. The number of carboxylic acid groups (broad SMARTS) is 1. The van der Waals surface area contributed by atoms with Crippen molar-refractivity contribution in [2.75, 3.05) is 6.54 Å². The lowest BCUT2D eigenvalue weighted by Gasteiger charge is -2.18. The summed E-state index contributed by atoms with van der Waals surface area (Å²) in [6.45, 7) is 2.08. The van der Waals surface area contributed by atoms with E-state index in [1.54, 1.807) is 0 Å². The summed E-state index contributed by atoms with van der Waals surface area (Å²) < 4.78 is 0. The van der Waals surface area contributed by atoms with E-state index in [4.69, 9.17) is 16.6 Å². The number of nitrogens with one attached hydrogen (secondary N) is 1. The van der Waals surface area contributed by atoms with Gasteiger partial charge in [0.15, 0.2) is 0 Å². The van der Waals surface area contributed by atoms with E-state index in [1.807, 2.05) is 6.92 Å². The molecule has 2 amide bonds. The molecule has 7 heteroatoms. The molecule has 2 atom stereocenters. The van der Waals surface area contributed by atoms with E-state index in [9.17, 15) is 14.4 Å². The smallest absolute Gasteiger partial charge is 0.326 e. The largest absolute Gasteiger partial charge is 0.480 e. The second-order valence-electron chi connectivity index (χ2n) is 4.13. The molecule has 0 aliphatic carbocycles. The molecular formula is C11H21N3O4. The molecule has 0 aliphatic heterocycles. The van der Waals surface area contributed by atoms with E-state index in [0.29, 0.717) is 6.42 Å². The first-order valence-electron chi connectivity index (χ1n) is 5.93. The third kappa shape index (κ3) is 6.19. The van der Waals surface area contributed by atoms with Crippen molar-refractivity contribution in [1.29, 1.82) is 0 Å². The molecule has 0 saturated heterocycles. The molecule has 6 N–H and O–H groups in total. The highest BCUT2D eigenvalue weighted by Crippen LogP contribution is 2.06. The number of carboxylic acids is 1. The van der Waals surface area contributed by atoms with Crippen LogP contribution < -0.4 is 16.8 Å². The normalized spacial score (nSPS) is 13.7. The number of hydrogen-bond acceptors (Lipinski definition) is 4. The van der Waals surface area contributed by atoms with Gasteiger partial charge in [-0.1, -0.05) is 13.3 Å². The second kappa shape index (κ2) is 8.46. The topological polar surface area (TPSA) is 136 Å². The summed E-state index contributed by atoms with van der Waals surface area (Å²) in [5.74, 6) is -2.57. The number of primary amides is 1. The SMILES string of the molecule is CCCC(CN)C(=O)NC(CCC(N)=O)C(=O)O. The Kier molecular flexibility index (Phi) is 7.69. The van der Waals surface area contributed by atoms with Gasteiger partial charge in [0.25, 0.3) is 0 Å². The molecule has 0 radical (unpaired) electrons. The second-order valence-corrected chi connectivity index (χ2v) is 4.13. The number of hydrogen-bond donors (Lipinski definition) is 4. The van der Waals surface area contributed by atoms with Gasteiger partial charge in [0.2, 0.25) is 11.8 Å². The molecule has 0 aromatic carbocycles. The molecule has 0 saturated carbocycles. The quantitative estimate of drug-likeness (QED) is 0.429. The van der Waals surface area contributed by atoms with Crippen LogP contribution in [0.1, 0.15) is 32.6 Å². The lowest BCUT2D eigenvalue weighted by molar-refractivity contribution is -0.142. The first kappa shape index (κ1) is 16.4. The number of carbonyl (C=O) groups is 3. The van der Waals surface area contributed by atoms with Crippen molar-refractivity contribution in [3.05, 3.63) is 0 Å². The zero-order valence-electron chi connectivity index (χ0n) is 10.5. The van der Waals surface area contributed by atoms with Crippen LogP contribution >= 0.6 is 0 Å². The summed E-state index contributed by atoms with van der Waals surface area (Å²) >= 11 is 0. The van der Waals surface area contributed by atoms with E-state index in [0.717, 1.165) is 6.42 Å². The van der Waals surface area contributed by atoms with Gasteiger partial charge in [-0.2, -0.15) is 0 Å². The molecule has 2 unspecified atom stereocenters. The van der Waals surface area contributed by atoms with Crippen molar-refractivity contribution in [2.24, 2.45) is 17.4 Å². The number of amides is 2.